The summed E-state index contributed by atoms with van der Waals surface area (Å²) in [5, 5.41) is 24.3. The lowest BCUT2D eigenvalue weighted by Gasteiger charge is -2.23. The predicted molar refractivity (Wildman–Crippen MR) is 166 cm³/mol. The van der Waals surface area contributed by atoms with Crippen molar-refractivity contribution in [3.63, 3.8) is 0 Å². The number of amides is 1. The van der Waals surface area contributed by atoms with Gasteiger partial charge in [0, 0.05) is 45.5 Å². The van der Waals surface area contributed by atoms with Crippen molar-refractivity contribution in [2.75, 3.05) is 11.9 Å². The third-order valence-electron chi connectivity index (χ3n) is 6.96. The molecule has 1 aliphatic rings. The largest absolute Gasteiger partial charge is 0.481 e. The Labute approximate surface area is 251 Å². The third-order valence-corrected chi connectivity index (χ3v) is 7.39. The van der Waals surface area contributed by atoms with Gasteiger partial charge in [0.15, 0.2) is 0 Å². The fraction of sp³-hybridized carbons (Fsp3) is 0.344. The van der Waals surface area contributed by atoms with E-state index in [9.17, 15) is 9.59 Å². The average molecular weight is 599 g/mol. The SMILES string of the molecule is C/C=C(\C=C/C(C)/C(=C/Nc1cc(Cl)cc(Cl)c1)C(=N)Oc1ccc(C(=O)NCCC(=O)O)cc1)C1CCCCC1. The molecule has 1 aliphatic carbocycles. The molecule has 1 saturated carbocycles. The van der Waals surface area contributed by atoms with Crippen LogP contribution in [0.4, 0.5) is 5.69 Å². The molecule has 1 fully saturated rings. The molecule has 218 valence electrons. The number of carbonyl (C=O) groups excluding carboxylic acids is 1. The summed E-state index contributed by atoms with van der Waals surface area (Å²) in [4.78, 5) is 22.9. The highest BCUT2D eigenvalue weighted by atomic mass is 35.5. The monoisotopic (exact) mass is 597 g/mol. The van der Waals surface area contributed by atoms with Crippen LogP contribution in [0.15, 0.2) is 78.0 Å². The van der Waals surface area contributed by atoms with Crippen LogP contribution in [0, 0.1) is 17.2 Å². The summed E-state index contributed by atoms with van der Waals surface area (Å²) in [5.74, 6) is -0.629. The molecule has 4 N–H and O–H groups in total. The van der Waals surface area contributed by atoms with E-state index < -0.39 is 5.97 Å². The van der Waals surface area contributed by atoms with Crippen LogP contribution in [0.1, 0.15) is 62.7 Å². The van der Waals surface area contributed by atoms with E-state index in [4.69, 9.17) is 38.5 Å². The van der Waals surface area contributed by atoms with Gasteiger partial charge in [-0.25, -0.2) is 0 Å². The standard InChI is InChI=1S/C32H37Cl2N3O4/c1-3-22(23-7-5-4-6-8-23)10-9-21(2)29(20-37-27-18-25(33)17-26(34)19-27)31(35)41-28-13-11-24(12-14-28)32(40)36-16-15-30(38)39/h3,9-14,17-21,23,35,37H,4-8,15-16H2,1-2H3,(H,36,40)(H,38,39)/b10-9-,22-3+,29-20-,35-31?. The normalized spacial score (nSPS) is 15.4. The van der Waals surface area contributed by atoms with Gasteiger partial charge in [-0.1, -0.05) is 67.6 Å². The molecule has 1 amide bonds. The Kier molecular flexibility index (Phi) is 12.5. The number of aliphatic carboxylic acids is 1. The molecule has 2 aromatic carbocycles. The molecule has 0 bridgehead atoms. The number of rotatable bonds is 12. The number of allylic oxidation sites excluding steroid dienone is 4. The Morgan fingerprint density at radius 3 is 2.37 bits per heavy atom. The van der Waals surface area contributed by atoms with Crippen molar-refractivity contribution >= 4 is 46.7 Å². The zero-order valence-corrected chi connectivity index (χ0v) is 24.9. The van der Waals surface area contributed by atoms with Crippen molar-refractivity contribution in [1.82, 2.24) is 5.32 Å². The van der Waals surface area contributed by atoms with E-state index >= 15 is 0 Å². The highest BCUT2D eigenvalue weighted by molar-refractivity contribution is 6.35. The molecule has 3 rings (SSSR count). The number of anilines is 1. The maximum atomic E-state index is 12.3. The number of hydrogen-bond acceptors (Lipinski definition) is 5. The quantitative estimate of drug-likeness (QED) is 0.112. The van der Waals surface area contributed by atoms with Crippen LogP contribution < -0.4 is 15.4 Å². The molecule has 7 nitrogen and oxygen atoms in total. The Hall–Kier alpha value is -3.55. The minimum atomic E-state index is -0.982. The second kappa shape index (κ2) is 16.0. The van der Waals surface area contributed by atoms with Crippen molar-refractivity contribution in [3.8, 4) is 5.75 Å². The van der Waals surface area contributed by atoms with E-state index in [1.807, 2.05) is 6.92 Å². The minimum absolute atomic E-state index is 0.0388. The summed E-state index contributed by atoms with van der Waals surface area (Å²) in [6.45, 7) is 4.12. The first kappa shape index (κ1) is 32.0. The van der Waals surface area contributed by atoms with E-state index in [0.29, 0.717) is 38.5 Å². The van der Waals surface area contributed by atoms with Gasteiger partial charge in [-0.05, 0) is 73.7 Å². The smallest absolute Gasteiger partial charge is 0.305 e. The van der Waals surface area contributed by atoms with Gasteiger partial charge in [0.2, 0.25) is 5.90 Å². The third kappa shape index (κ3) is 10.4. The van der Waals surface area contributed by atoms with Crippen molar-refractivity contribution in [2.45, 2.75) is 52.4 Å². The molecule has 9 heteroatoms. The summed E-state index contributed by atoms with van der Waals surface area (Å²) in [5.41, 5.74) is 2.96. The Balaban J connectivity index is 1.77. The number of hydrogen-bond donors (Lipinski definition) is 4. The van der Waals surface area contributed by atoms with Gasteiger partial charge < -0.3 is 20.5 Å². The van der Waals surface area contributed by atoms with Gasteiger partial charge in [-0.3, -0.25) is 15.0 Å². The van der Waals surface area contributed by atoms with Crippen LogP contribution in [0.5, 0.6) is 5.75 Å². The van der Waals surface area contributed by atoms with Crippen molar-refractivity contribution < 1.29 is 19.4 Å². The molecule has 1 atom stereocenters. The number of benzene rings is 2. The van der Waals surface area contributed by atoms with Gasteiger partial charge in [0.25, 0.3) is 5.91 Å². The molecule has 0 aliphatic heterocycles. The topological polar surface area (TPSA) is 112 Å². The van der Waals surface area contributed by atoms with E-state index in [1.165, 1.54) is 37.7 Å². The van der Waals surface area contributed by atoms with E-state index in [2.05, 4.69) is 35.8 Å². The van der Waals surface area contributed by atoms with Crippen molar-refractivity contribution in [1.29, 1.82) is 5.41 Å². The lowest BCUT2D eigenvalue weighted by atomic mass is 9.83. The van der Waals surface area contributed by atoms with Crippen LogP contribution in [-0.4, -0.2) is 29.4 Å². The number of carbonyl (C=O) groups is 2. The number of nitrogens with one attached hydrogen (secondary N) is 3. The number of carboxylic acid groups (broad SMARTS) is 1. The summed E-state index contributed by atoms with van der Waals surface area (Å²) >= 11 is 12.3. The molecular formula is C32H37Cl2N3O4. The second-order valence-electron chi connectivity index (χ2n) is 10.0. The summed E-state index contributed by atoms with van der Waals surface area (Å²) in [6, 6.07) is 11.5. The van der Waals surface area contributed by atoms with Crippen LogP contribution in [0.2, 0.25) is 10.0 Å². The van der Waals surface area contributed by atoms with Gasteiger partial charge in [-0.2, -0.15) is 0 Å². The molecule has 2 aromatic rings. The van der Waals surface area contributed by atoms with Gasteiger partial charge in [0.05, 0.1) is 6.42 Å². The lowest BCUT2D eigenvalue weighted by Crippen LogP contribution is -2.25. The van der Waals surface area contributed by atoms with E-state index in [-0.39, 0.29) is 30.7 Å². The zero-order valence-electron chi connectivity index (χ0n) is 23.4. The number of halogens is 2. The molecule has 0 heterocycles. The highest BCUT2D eigenvalue weighted by Crippen LogP contribution is 2.31. The Bertz CT molecular complexity index is 1290. The number of carboxylic acids is 1. The highest BCUT2D eigenvalue weighted by Gasteiger charge is 2.18. The van der Waals surface area contributed by atoms with Crippen molar-refractivity contribution in [3.05, 3.63) is 93.6 Å². The molecule has 0 saturated heterocycles. The average Bonchev–Trinajstić information content (AvgIpc) is 2.93. The first-order chi connectivity index (χ1) is 19.7. The van der Waals surface area contributed by atoms with Gasteiger partial charge >= 0.3 is 5.97 Å². The zero-order chi connectivity index (χ0) is 29.8. The summed E-state index contributed by atoms with van der Waals surface area (Å²) in [7, 11) is 0. The lowest BCUT2D eigenvalue weighted by molar-refractivity contribution is -0.136. The summed E-state index contributed by atoms with van der Waals surface area (Å²) < 4.78 is 5.90. The Morgan fingerprint density at radius 1 is 1.10 bits per heavy atom. The molecule has 0 spiro atoms. The fourth-order valence-corrected chi connectivity index (χ4v) is 5.23. The van der Waals surface area contributed by atoms with Crippen LogP contribution >= 0.6 is 23.2 Å². The molecule has 0 aromatic heterocycles. The molecule has 1 unspecified atom stereocenters. The van der Waals surface area contributed by atoms with Crippen LogP contribution in [0.25, 0.3) is 0 Å². The second-order valence-corrected chi connectivity index (χ2v) is 10.9. The van der Waals surface area contributed by atoms with Gasteiger partial charge in [-0.15, -0.1) is 0 Å². The Morgan fingerprint density at radius 2 is 1.76 bits per heavy atom. The van der Waals surface area contributed by atoms with E-state index in [0.717, 1.165) is 0 Å². The first-order valence-electron chi connectivity index (χ1n) is 13.8. The molecular weight excluding hydrogens is 561 g/mol. The fourth-order valence-electron chi connectivity index (χ4n) is 4.70. The van der Waals surface area contributed by atoms with Crippen molar-refractivity contribution in [2.24, 2.45) is 11.8 Å². The minimum Gasteiger partial charge on any atom is -0.481 e. The maximum absolute atomic E-state index is 12.3. The maximum Gasteiger partial charge on any atom is 0.305 e. The van der Waals surface area contributed by atoms with Crippen LogP contribution in [-0.2, 0) is 4.79 Å². The summed E-state index contributed by atoms with van der Waals surface area (Å²) in [6.07, 6.45) is 14.2. The molecule has 0 radical (unpaired) electrons. The van der Waals surface area contributed by atoms with E-state index in [1.54, 1.807) is 48.7 Å². The number of ether oxygens (including phenoxy) is 1. The first-order valence-corrected chi connectivity index (χ1v) is 14.6. The van der Waals surface area contributed by atoms with Crippen LogP contribution in [0.3, 0.4) is 0 Å². The molecule has 41 heavy (non-hydrogen) atoms. The van der Waals surface area contributed by atoms with Gasteiger partial charge in [0.1, 0.15) is 5.75 Å². The predicted octanol–water partition coefficient (Wildman–Crippen LogP) is 8.27.